The molecule has 3 aliphatic heterocycles. The summed E-state index contributed by atoms with van der Waals surface area (Å²) >= 11 is 0. The Bertz CT molecular complexity index is 1640. The van der Waals surface area contributed by atoms with E-state index in [1.165, 1.54) is 50.1 Å². The fraction of sp³-hybridized carbons (Fsp3) is 0.500. The second kappa shape index (κ2) is 15.0. The van der Waals surface area contributed by atoms with Gasteiger partial charge in [0, 0.05) is 48.9 Å². The van der Waals surface area contributed by atoms with Crippen molar-refractivity contribution in [2.24, 2.45) is 11.3 Å². The molecule has 5 rings (SSSR count). The number of aryl methyl sites for hydroxylation is 1. The molecule has 3 aliphatic rings. The highest BCUT2D eigenvalue weighted by Crippen LogP contribution is 2.39. The number of methoxy groups -OCH3 is 1. The van der Waals surface area contributed by atoms with Crippen LogP contribution in [0.5, 0.6) is 11.5 Å². The molecule has 0 aliphatic carbocycles. The van der Waals surface area contributed by atoms with E-state index in [1.807, 2.05) is 7.11 Å². The number of fused-ring (bicyclic) bond motifs is 1. The first-order valence-corrected chi connectivity index (χ1v) is 18.4. The van der Waals surface area contributed by atoms with Gasteiger partial charge in [-0.25, -0.2) is 0 Å². The molecule has 3 heterocycles. The molecule has 1 atom stereocenters. The zero-order chi connectivity index (χ0) is 35.6. The molecule has 0 aromatic heterocycles. The fourth-order valence-electron chi connectivity index (χ4n) is 7.84. The first-order chi connectivity index (χ1) is 23.2. The monoisotopic (exact) mass is 663 g/mol. The Hall–Kier alpha value is -3.70. The van der Waals surface area contributed by atoms with E-state index in [2.05, 4.69) is 133 Å². The van der Waals surface area contributed by atoms with E-state index in [1.54, 1.807) is 0 Å². The third-order valence-electron chi connectivity index (χ3n) is 11.0. The van der Waals surface area contributed by atoms with Gasteiger partial charge in [-0.3, -0.25) is 4.90 Å². The lowest BCUT2D eigenvalue weighted by Crippen LogP contribution is -2.35. The highest BCUT2D eigenvalue weighted by atomic mass is 16.5. The summed E-state index contributed by atoms with van der Waals surface area (Å²) in [5.41, 5.74) is 14.0. The van der Waals surface area contributed by atoms with E-state index in [0.29, 0.717) is 5.92 Å². The molecule has 0 radical (unpaired) electrons. The van der Waals surface area contributed by atoms with Crippen molar-refractivity contribution in [2.75, 3.05) is 40.4 Å². The predicted octanol–water partition coefficient (Wildman–Crippen LogP) is 10.1. The molecule has 0 N–H and O–H groups in total. The van der Waals surface area contributed by atoms with Crippen molar-refractivity contribution in [3.8, 4) is 11.5 Å². The molecule has 1 unspecified atom stereocenters. The maximum absolute atomic E-state index is 6.49. The molecule has 5 nitrogen and oxygen atoms in total. The minimum absolute atomic E-state index is 0.135. The average Bonchev–Trinajstić information content (AvgIpc) is 3.07. The van der Waals surface area contributed by atoms with Gasteiger partial charge in [0.25, 0.3) is 0 Å². The Kier molecular flexibility index (Phi) is 11.2. The molecule has 2 aromatic carbocycles. The molecule has 0 amide bonds. The molecular formula is C44H61N3O2. The van der Waals surface area contributed by atoms with Gasteiger partial charge < -0.3 is 19.3 Å². The maximum Gasteiger partial charge on any atom is 0.124 e. The van der Waals surface area contributed by atoms with Crippen LogP contribution in [-0.2, 0) is 19.4 Å². The van der Waals surface area contributed by atoms with Crippen molar-refractivity contribution in [3.05, 3.63) is 112 Å². The fourth-order valence-corrected chi connectivity index (χ4v) is 7.84. The Labute approximate surface area is 297 Å². The molecular weight excluding hydrogens is 603 g/mol. The number of likely N-dealkylation sites (N-methyl/N-ethyl adjacent to an activating group) is 1. The minimum Gasteiger partial charge on any atom is -0.496 e. The van der Waals surface area contributed by atoms with Crippen LogP contribution in [0.15, 0.2) is 83.9 Å². The van der Waals surface area contributed by atoms with Gasteiger partial charge in [-0.1, -0.05) is 59.1 Å². The number of likely N-dealkylation sites (tertiary alicyclic amines) is 1. The normalized spacial score (nSPS) is 19.6. The van der Waals surface area contributed by atoms with Crippen molar-refractivity contribution < 1.29 is 9.47 Å². The molecule has 49 heavy (non-hydrogen) atoms. The lowest BCUT2D eigenvalue weighted by Gasteiger charge is -2.39. The highest BCUT2D eigenvalue weighted by molar-refractivity contribution is 5.83. The average molecular weight is 664 g/mol. The van der Waals surface area contributed by atoms with Gasteiger partial charge in [0.1, 0.15) is 11.5 Å². The van der Waals surface area contributed by atoms with Crippen molar-refractivity contribution in [3.63, 3.8) is 0 Å². The molecule has 0 spiro atoms. The summed E-state index contributed by atoms with van der Waals surface area (Å²) in [5.74, 6) is 2.54. The number of hydrogen-bond acceptors (Lipinski definition) is 5. The number of nitrogens with zero attached hydrogens (tertiary/aromatic N) is 3. The molecule has 1 fully saturated rings. The van der Waals surface area contributed by atoms with Gasteiger partial charge in [0.05, 0.1) is 19.8 Å². The minimum atomic E-state index is 0.135. The van der Waals surface area contributed by atoms with Crippen LogP contribution in [0.1, 0.15) is 102 Å². The van der Waals surface area contributed by atoms with Gasteiger partial charge >= 0.3 is 0 Å². The van der Waals surface area contributed by atoms with E-state index in [9.17, 15) is 0 Å². The summed E-state index contributed by atoms with van der Waals surface area (Å²) in [7, 11) is 3.88. The highest BCUT2D eigenvalue weighted by Gasteiger charge is 2.27. The summed E-state index contributed by atoms with van der Waals surface area (Å²) in [6.45, 7) is 31.4. The van der Waals surface area contributed by atoms with E-state index < -0.39 is 0 Å². The predicted molar refractivity (Wildman–Crippen MR) is 207 cm³/mol. The lowest BCUT2D eigenvalue weighted by atomic mass is 9.89. The molecule has 5 heteroatoms. The van der Waals surface area contributed by atoms with E-state index >= 15 is 0 Å². The molecule has 1 saturated heterocycles. The van der Waals surface area contributed by atoms with Crippen LogP contribution < -0.4 is 9.47 Å². The van der Waals surface area contributed by atoms with Crippen LogP contribution >= 0.6 is 0 Å². The number of ether oxygens (including phenoxy) is 2. The second-order valence-corrected chi connectivity index (χ2v) is 15.7. The van der Waals surface area contributed by atoms with E-state index in [-0.39, 0.29) is 11.5 Å². The van der Waals surface area contributed by atoms with E-state index in [0.717, 1.165) is 81.4 Å². The Morgan fingerprint density at radius 1 is 1.04 bits per heavy atom. The van der Waals surface area contributed by atoms with Crippen LogP contribution in [-0.4, -0.2) is 55.1 Å². The third kappa shape index (κ3) is 8.20. The topological polar surface area (TPSA) is 28.2 Å². The quantitative estimate of drug-likeness (QED) is 0.236. The number of piperidine rings is 1. The summed E-state index contributed by atoms with van der Waals surface area (Å²) in [6, 6.07) is 11.6. The number of benzene rings is 2. The van der Waals surface area contributed by atoms with Crippen LogP contribution in [0.3, 0.4) is 0 Å². The standard InChI is InChI=1S/C44H61N3O2/c1-13-36-22-38(41-26-45(11)33(6)30(3)31(41)4)23-43(48-12)42(36)27-46-19-16-35(17-20-46)28-49-39-15-14-37-18-21-47(34(7)40(37)24-39)32(5)29(2)25-44(8,9)10/h14-15,22-26,34-35H,5-6,13,16-21,27-28H2,1-4,7-12H3/b29-25+. The largest absolute Gasteiger partial charge is 0.496 e. The molecule has 2 aromatic rings. The van der Waals surface area contributed by atoms with Crippen LogP contribution in [0.25, 0.3) is 5.57 Å². The second-order valence-electron chi connectivity index (χ2n) is 15.7. The van der Waals surface area contributed by atoms with Crippen LogP contribution in [0.2, 0.25) is 0 Å². The van der Waals surface area contributed by atoms with Gasteiger partial charge in [-0.15, -0.1) is 0 Å². The van der Waals surface area contributed by atoms with Crippen molar-refractivity contribution in [1.29, 1.82) is 0 Å². The first-order valence-electron chi connectivity index (χ1n) is 18.4. The Balaban J connectivity index is 1.20. The van der Waals surface area contributed by atoms with Crippen molar-refractivity contribution in [1.82, 2.24) is 14.7 Å². The summed E-state index contributed by atoms with van der Waals surface area (Å²) in [4.78, 5) is 7.19. The summed E-state index contributed by atoms with van der Waals surface area (Å²) in [5, 5.41) is 0. The van der Waals surface area contributed by atoms with Gasteiger partial charge in [0.15, 0.2) is 0 Å². The molecule has 0 bridgehead atoms. The first kappa shape index (κ1) is 36.6. The zero-order valence-electron chi connectivity index (χ0n) is 32.1. The number of rotatable bonds is 10. The van der Waals surface area contributed by atoms with Crippen molar-refractivity contribution in [2.45, 2.75) is 93.7 Å². The smallest absolute Gasteiger partial charge is 0.124 e. The lowest BCUT2D eigenvalue weighted by molar-refractivity contribution is 0.135. The maximum atomic E-state index is 6.49. The third-order valence-corrected chi connectivity index (χ3v) is 11.0. The zero-order valence-corrected chi connectivity index (χ0v) is 32.1. The van der Waals surface area contributed by atoms with Crippen LogP contribution in [0.4, 0.5) is 0 Å². The Morgan fingerprint density at radius 2 is 1.76 bits per heavy atom. The summed E-state index contributed by atoms with van der Waals surface area (Å²) < 4.78 is 12.5. The number of hydrogen-bond donors (Lipinski definition) is 0. The molecule has 0 saturated carbocycles. The van der Waals surface area contributed by atoms with Gasteiger partial charge in [-0.2, -0.15) is 0 Å². The number of allylic oxidation sites excluding steroid dienone is 5. The molecule has 264 valence electrons. The van der Waals surface area contributed by atoms with Crippen molar-refractivity contribution >= 4 is 5.57 Å². The van der Waals surface area contributed by atoms with Gasteiger partial charge in [-0.05, 0) is 135 Å². The van der Waals surface area contributed by atoms with Gasteiger partial charge in [0.2, 0.25) is 0 Å². The van der Waals surface area contributed by atoms with Crippen LogP contribution in [0, 0.1) is 11.3 Å². The van der Waals surface area contributed by atoms with E-state index in [4.69, 9.17) is 9.47 Å². The Morgan fingerprint density at radius 3 is 2.41 bits per heavy atom. The SMILES string of the molecule is C=C1C(C)=C(C)C(c2cc(CC)c(CN3CCC(COc4ccc5c(c4)C(C)N(C(=C)/C(C)=C/C(C)(C)C)CC5)CC3)c(OC)c2)=CN1C. The summed E-state index contributed by atoms with van der Waals surface area (Å²) in [6.07, 6.45) is 8.83.